The maximum atomic E-state index is 12.4. The molecule has 2 N–H and O–H groups in total. The third-order valence-electron chi connectivity index (χ3n) is 5.90. The predicted octanol–water partition coefficient (Wildman–Crippen LogP) is 3.35. The summed E-state index contributed by atoms with van der Waals surface area (Å²) in [5, 5.41) is 2.84. The zero-order valence-electron chi connectivity index (χ0n) is 18.2. The van der Waals surface area contributed by atoms with Gasteiger partial charge in [-0.25, -0.2) is 17.9 Å². The average molecular weight is 441 g/mol. The van der Waals surface area contributed by atoms with Crippen molar-refractivity contribution in [1.82, 2.24) is 14.6 Å². The van der Waals surface area contributed by atoms with Crippen LogP contribution in [0.3, 0.4) is 0 Å². The summed E-state index contributed by atoms with van der Waals surface area (Å²) in [6.07, 6.45) is 8.76. The second-order valence-corrected chi connectivity index (χ2v) is 10.2. The number of hydrogen-bond acceptors (Lipinski definition) is 5. The van der Waals surface area contributed by atoms with Crippen LogP contribution >= 0.6 is 0 Å². The maximum absolute atomic E-state index is 12.4. The van der Waals surface area contributed by atoms with Crippen LogP contribution in [0.15, 0.2) is 30.5 Å². The second kappa shape index (κ2) is 8.43. The quantitative estimate of drug-likeness (QED) is 0.761. The number of aryl methyl sites for hydroxylation is 2. The van der Waals surface area contributed by atoms with Gasteiger partial charge in [0, 0.05) is 24.8 Å². The largest absolute Gasteiger partial charge is 0.332 e. The van der Waals surface area contributed by atoms with Crippen LogP contribution in [0, 0.1) is 6.92 Å². The van der Waals surface area contributed by atoms with Crippen molar-refractivity contribution in [3.63, 3.8) is 0 Å². The first kappa shape index (κ1) is 21.5. The van der Waals surface area contributed by atoms with Crippen LogP contribution < -0.4 is 10.0 Å². The molecule has 0 spiro atoms. The van der Waals surface area contributed by atoms with Crippen LogP contribution in [-0.2, 0) is 22.9 Å². The number of carbonyl (C=O) groups is 1. The molecule has 0 unspecified atom stereocenters. The number of rotatable bonds is 4. The Hall–Kier alpha value is -2.71. The second-order valence-electron chi connectivity index (χ2n) is 8.43. The number of nitrogens with zero attached hydrogens (tertiary/aromatic N) is 2. The number of anilines is 1. The SMILES string of the molecule is Cc1cc2c(c(NC(=O)NS(C)(=O)=O)c1-c1ccnc(C3=CCN(C)CC3)c1)CCC2. The Morgan fingerprint density at radius 3 is 2.71 bits per heavy atom. The highest BCUT2D eigenvalue weighted by molar-refractivity contribution is 7.89. The highest BCUT2D eigenvalue weighted by Crippen LogP contribution is 2.40. The number of amides is 2. The summed E-state index contributed by atoms with van der Waals surface area (Å²) in [4.78, 5) is 19.3. The Bertz CT molecular complexity index is 1170. The van der Waals surface area contributed by atoms with Crippen molar-refractivity contribution >= 4 is 27.3 Å². The van der Waals surface area contributed by atoms with Gasteiger partial charge in [-0.3, -0.25) is 4.98 Å². The molecular weight excluding hydrogens is 412 g/mol. The van der Waals surface area contributed by atoms with Crippen molar-refractivity contribution in [3.05, 3.63) is 52.9 Å². The fourth-order valence-electron chi connectivity index (χ4n) is 4.48. The number of sulfonamides is 1. The summed E-state index contributed by atoms with van der Waals surface area (Å²) in [6.45, 7) is 3.92. The molecule has 0 fully saturated rings. The topological polar surface area (TPSA) is 91.4 Å². The van der Waals surface area contributed by atoms with Gasteiger partial charge in [0.1, 0.15) is 0 Å². The lowest BCUT2D eigenvalue weighted by molar-refractivity contribution is 0.256. The Kier molecular flexibility index (Phi) is 5.85. The number of aromatic nitrogens is 1. The van der Waals surface area contributed by atoms with Gasteiger partial charge >= 0.3 is 6.03 Å². The summed E-state index contributed by atoms with van der Waals surface area (Å²) in [7, 11) is -1.55. The predicted molar refractivity (Wildman–Crippen MR) is 124 cm³/mol. The van der Waals surface area contributed by atoms with Crippen molar-refractivity contribution in [3.8, 4) is 11.1 Å². The number of likely N-dealkylation sites (N-methyl/N-ethyl adjacent to an activating group) is 1. The Morgan fingerprint density at radius 1 is 1.19 bits per heavy atom. The smallest absolute Gasteiger partial charge is 0.306 e. The molecule has 1 aliphatic heterocycles. The summed E-state index contributed by atoms with van der Waals surface area (Å²) in [5.74, 6) is 0. The van der Waals surface area contributed by atoms with Crippen molar-refractivity contribution in [2.75, 3.05) is 31.7 Å². The first-order valence-electron chi connectivity index (χ1n) is 10.5. The summed E-state index contributed by atoms with van der Waals surface area (Å²) in [6, 6.07) is 5.46. The summed E-state index contributed by atoms with van der Waals surface area (Å²) >= 11 is 0. The van der Waals surface area contributed by atoms with Crippen LogP contribution in [0.1, 0.15) is 35.2 Å². The zero-order chi connectivity index (χ0) is 22.2. The molecule has 1 aliphatic carbocycles. The summed E-state index contributed by atoms with van der Waals surface area (Å²) in [5.41, 5.74) is 8.09. The fourth-order valence-corrected chi connectivity index (χ4v) is 4.86. The highest BCUT2D eigenvalue weighted by atomic mass is 32.2. The van der Waals surface area contributed by atoms with Crippen molar-refractivity contribution in [2.24, 2.45) is 0 Å². The van der Waals surface area contributed by atoms with E-state index < -0.39 is 16.1 Å². The van der Waals surface area contributed by atoms with E-state index in [1.807, 2.05) is 17.7 Å². The molecule has 0 atom stereocenters. The maximum Gasteiger partial charge on any atom is 0.332 e. The lowest BCUT2D eigenvalue weighted by Crippen LogP contribution is -2.34. The van der Waals surface area contributed by atoms with E-state index in [9.17, 15) is 13.2 Å². The molecule has 0 radical (unpaired) electrons. The van der Waals surface area contributed by atoms with Gasteiger partial charge in [0.15, 0.2) is 0 Å². The standard InChI is InChI=1S/C23H28N4O3S/c1-15-13-17-5-4-6-19(17)22(25-23(28)26-31(3,29)30)21(15)18-7-10-24-20(14-18)16-8-11-27(2)12-9-16/h7-8,10,13-14H,4-6,9,11-12H2,1-3H3,(H2,25,26,28). The van der Waals surface area contributed by atoms with Gasteiger partial charge in [-0.05, 0) is 79.6 Å². The third-order valence-corrected chi connectivity index (χ3v) is 6.46. The van der Waals surface area contributed by atoms with Crippen LogP contribution in [0.2, 0.25) is 0 Å². The molecule has 7 nitrogen and oxygen atoms in total. The van der Waals surface area contributed by atoms with Gasteiger partial charge in [-0.2, -0.15) is 0 Å². The van der Waals surface area contributed by atoms with Crippen LogP contribution in [0.4, 0.5) is 10.5 Å². The Labute approximate surface area is 183 Å². The minimum Gasteiger partial charge on any atom is -0.306 e. The molecule has 0 bridgehead atoms. The monoisotopic (exact) mass is 440 g/mol. The molecular formula is C23H28N4O3S. The number of benzene rings is 1. The van der Waals surface area contributed by atoms with Crippen LogP contribution in [0.5, 0.6) is 0 Å². The molecule has 1 aromatic carbocycles. The van der Waals surface area contributed by atoms with Crippen molar-refractivity contribution in [1.29, 1.82) is 0 Å². The van der Waals surface area contributed by atoms with E-state index in [1.54, 1.807) is 6.20 Å². The fraction of sp³-hybridized carbons (Fsp3) is 0.391. The minimum atomic E-state index is -3.65. The average Bonchev–Trinajstić information content (AvgIpc) is 3.15. The number of urea groups is 1. The normalized spacial score (nSPS) is 16.5. The van der Waals surface area contributed by atoms with E-state index >= 15 is 0 Å². The summed E-state index contributed by atoms with van der Waals surface area (Å²) < 4.78 is 25.1. The lowest BCUT2D eigenvalue weighted by atomic mass is 9.92. The third kappa shape index (κ3) is 4.80. The van der Waals surface area contributed by atoms with Gasteiger partial charge < -0.3 is 10.2 Å². The van der Waals surface area contributed by atoms with Crippen molar-refractivity contribution in [2.45, 2.75) is 32.6 Å². The molecule has 31 heavy (non-hydrogen) atoms. The molecule has 4 rings (SSSR count). The van der Waals surface area contributed by atoms with Gasteiger partial charge in [-0.15, -0.1) is 0 Å². The molecule has 164 valence electrons. The number of fused-ring (bicyclic) bond motifs is 1. The van der Waals surface area contributed by atoms with Crippen molar-refractivity contribution < 1.29 is 13.2 Å². The van der Waals surface area contributed by atoms with Gasteiger partial charge in [0.05, 0.1) is 17.6 Å². The van der Waals surface area contributed by atoms with Gasteiger partial charge in [0.25, 0.3) is 0 Å². The van der Waals surface area contributed by atoms with E-state index in [1.165, 1.54) is 11.1 Å². The molecule has 2 heterocycles. The molecule has 2 aliphatic rings. The van der Waals surface area contributed by atoms with E-state index in [0.29, 0.717) is 5.69 Å². The Morgan fingerprint density at radius 2 is 2.00 bits per heavy atom. The molecule has 2 aromatic rings. The molecule has 1 aromatic heterocycles. The minimum absolute atomic E-state index is 0.697. The van der Waals surface area contributed by atoms with Gasteiger partial charge in [-0.1, -0.05) is 12.1 Å². The zero-order valence-corrected chi connectivity index (χ0v) is 19.0. The van der Waals surface area contributed by atoms with E-state index in [4.69, 9.17) is 0 Å². The number of hydrogen-bond donors (Lipinski definition) is 2. The first-order chi connectivity index (χ1) is 14.7. The van der Waals surface area contributed by atoms with Crippen LogP contribution in [-0.4, -0.2) is 50.7 Å². The number of pyridine rings is 1. The molecule has 8 heteroatoms. The molecule has 2 amide bonds. The molecule has 0 saturated heterocycles. The lowest BCUT2D eigenvalue weighted by Gasteiger charge is -2.22. The first-order valence-corrected chi connectivity index (χ1v) is 12.4. The van der Waals surface area contributed by atoms with Gasteiger partial charge in [0.2, 0.25) is 10.0 Å². The van der Waals surface area contributed by atoms with Crippen LogP contribution in [0.25, 0.3) is 16.7 Å². The van der Waals surface area contributed by atoms with E-state index in [0.717, 1.165) is 73.0 Å². The van der Waals surface area contributed by atoms with E-state index in [-0.39, 0.29) is 0 Å². The molecule has 0 saturated carbocycles. The number of nitrogens with one attached hydrogen (secondary N) is 2. The number of carbonyl (C=O) groups excluding carboxylic acids is 1. The van der Waals surface area contributed by atoms with E-state index in [2.05, 4.69) is 40.5 Å². The Balaban J connectivity index is 1.78. The highest BCUT2D eigenvalue weighted by Gasteiger charge is 2.23.